The van der Waals surface area contributed by atoms with Crippen molar-refractivity contribution in [1.82, 2.24) is 9.88 Å². The van der Waals surface area contributed by atoms with Gasteiger partial charge in [0.05, 0.1) is 25.3 Å². The second-order valence-electron chi connectivity index (χ2n) is 6.77. The molecule has 0 aliphatic carbocycles. The first-order chi connectivity index (χ1) is 13.5. The largest absolute Gasteiger partial charge is 0.347 e. The predicted molar refractivity (Wildman–Crippen MR) is 106 cm³/mol. The van der Waals surface area contributed by atoms with Crippen LogP contribution in [0.2, 0.25) is 5.02 Å². The number of carbonyl (C=O) groups is 2. The molecule has 2 aromatic rings. The normalized spacial score (nSPS) is 18.4. The number of ether oxygens (including phenoxy) is 2. The van der Waals surface area contributed by atoms with Crippen LogP contribution in [0.4, 0.5) is 5.13 Å². The molecule has 2 aliphatic rings. The van der Waals surface area contributed by atoms with Gasteiger partial charge in [-0.05, 0) is 24.3 Å². The minimum atomic E-state index is -0.490. The van der Waals surface area contributed by atoms with E-state index >= 15 is 0 Å². The van der Waals surface area contributed by atoms with Gasteiger partial charge in [-0.1, -0.05) is 11.6 Å². The number of nitrogens with zero attached hydrogens (tertiary/aromatic N) is 2. The van der Waals surface area contributed by atoms with Gasteiger partial charge in [0.15, 0.2) is 10.9 Å². The minimum Gasteiger partial charge on any atom is -0.347 e. The van der Waals surface area contributed by atoms with E-state index in [0.29, 0.717) is 60.6 Å². The first-order valence-corrected chi connectivity index (χ1v) is 10.4. The van der Waals surface area contributed by atoms with Crippen molar-refractivity contribution in [3.05, 3.63) is 45.9 Å². The van der Waals surface area contributed by atoms with Gasteiger partial charge in [-0.25, -0.2) is 4.98 Å². The lowest BCUT2D eigenvalue weighted by Gasteiger charge is -2.37. The molecule has 4 rings (SSSR count). The van der Waals surface area contributed by atoms with Crippen molar-refractivity contribution in [1.29, 1.82) is 0 Å². The third-order valence-electron chi connectivity index (χ3n) is 4.90. The number of anilines is 1. The highest BCUT2D eigenvalue weighted by Crippen LogP contribution is 2.31. The Morgan fingerprint density at radius 2 is 1.86 bits per heavy atom. The Balaban J connectivity index is 1.30. The van der Waals surface area contributed by atoms with Gasteiger partial charge >= 0.3 is 0 Å². The molecule has 2 aliphatic heterocycles. The van der Waals surface area contributed by atoms with E-state index < -0.39 is 5.79 Å². The summed E-state index contributed by atoms with van der Waals surface area (Å²) in [7, 11) is 0. The number of hydrogen-bond acceptors (Lipinski definition) is 6. The number of likely N-dealkylation sites (tertiary alicyclic amines) is 1. The summed E-state index contributed by atoms with van der Waals surface area (Å²) >= 11 is 7.14. The molecule has 0 atom stereocenters. The SMILES string of the molecule is O=C(Nc1nc(CC(=O)N2CCC3(CC2)OCCO3)cs1)c1ccc(Cl)cc1. The zero-order valence-corrected chi connectivity index (χ0v) is 16.7. The molecular weight excluding hydrogens is 402 g/mol. The topological polar surface area (TPSA) is 80.8 Å². The number of aromatic nitrogens is 1. The van der Waals surface area contributed by atoms with Gasteiger partial charge in [0.2, 0.25) is 5.91 Å². The predicted octanol–water partition coefficient (Wildman–Crippen LogP) is 2.96. The number of piperidine rings is 1. The van der Waals surface area contributed by atoms with E-state index in [1.807, 2.05) is 4.90 Å². The zero-order valence-electron chi connectivity index (χ0n) is 15.2. The number of halogens is 1. The van der Waals surface area contributed by atoms with E-state index in [1.165, 1.54) is 11.3 Å². The molecule has 1 N–H and O–H groups in total. The van der Waals surface area contributed by atoms with Gasteiger partial charge in [-0.3, -0.25) is 14.9 Å². The summed E-state index contributed by atoms with van der Waals surface area (Å²) in [5.74, 6) is -0.730. The van der Waals surface area contributed by atoms with Crippen LogP contribution >= 0.6 is 22.9 Å². The maximum Gasteiger partial charge on any atom is 0.257 e. The Labute approximate surface area is 171 Å². The number of carbonyl (C=O) groups excluding carboxylic acids is 2. The fourth-order valence-electron chi connectivity index (χ4n) is 3.37. The van der Waals surface area contributed by atoms with E-state index in [2.05, 4.69) is 10.3 Å². The van der Waals surface area contributed by atoms with E-state index in [9.17, 15) is 9.59 Å². The molecule has 28 heavy (non-hydrogen) atoms. The lowest BCUT2D eigenvalue weighted by molar-refractivity contribution is -0.187. The van der Waals surface area contributed by atoms with Crippen molar-refractivity contribution >= 4 is 39.9 Å². The summed E-state index contributed by atoms with van der Waals surface area (Å²) in [4.78, 5) is 31.0. The van der Waals surface area contributed by atoms with E-state index in [0.717, 1.165) is 0 Å². The zero-order chi connectivity index (χ0) is 19.6. The molecule has 1 aromatic heterocycles. The summed E-state index contributed by atoms with van der Waals surface area (Å²) in [5.41, 5.74) is 1.14. The lowest BCUT2D eigenvalue weighted by Crippen LogP contribution is -2.47. The third kappa shape index (κ3) is 4.35. The van der Waals surface area contributed by atoms with Crippen molar-refractivity contribution < 1.29 is 19.1 Å². The molecule has 0 radical (unpaired) electrons. The van der Waals surface area contributed by atoms with Gasteiger partial charge in [-0.2, -0.15) is 0 Å². The summed E-state index contributed by atoms with van der Waals surface area (Å²) in [6.07, 6.45) is 1.60. The Kier molecular flexibility index (Phi) is 5.63. The smallest absolute Gasteiger partial charge is 0.257 e. The third-order valence-corrected chi connectivity index (χ3v) is 5.96. The van der Waals surface area contributed by atoms with Crippen LogP contribution in [0.15, 0.2) is 29.6 Å². The quantitative estimate of drug-likeness (QED) is 0.820. The fraction of sp³-hybridized carbons (Fsp3) is 0.421. The standard InChI is InChI=1S/C19H20ClN3O4S/c20-14-3-1-13(2-4-14)17(25)22-18-21-15(12-28-18)11-16(24)23-7-5-19(6-8-23)26-9-10-27-19/h1-4,12H,5-11H2,(H,21,22,25). The summed E-state index contributed by atoms with van der Waals surface area (Å²) < 4.78 is 11.4. The summed E-state index contributed by atoms with van der Waals surface area (Å²) in [6, 6.07) is 6.62. The van der Waals surface area contributed by atoms with Crippen molar-refractivity contribution in [2.24, 2.45) is 0 Å². The number of nitrogens with one attached hydrogen (secondary N) is 1. The van der Waals surface area contributed by atoms with Crippen LogP contribution in [0.5, 0.6) is 0 Å². The highest BCUT2D eigenvalue weighted by atomic mass is 35.5. The van der Waals surface area contributed by atoms with Crippen molar-refractivity contribution in [3.63, 3.8) is 0 Å². The molecule has 0 saturated carbocycles. The molecule has 2 saturated heterocycles. The van der Waals surface area contributed by atoms with Gasteiger partial charge in [-0.15, -0.1) is 11.3 Å². The highest BCUT2D eigenvalue weighted by molar-refractivity contribution is 7.14. The minimum absolute atomic E-state index is 0.0220. The van der Waals surface area contributed by atoms with E-state index in [4.69, 9.17) is 21.1 Å². The number of rotatable bonds is 4. The van der Waals surface area contributed by atoms with Crippen molar-refractivity contribution in [2.45, 2.75) is 25.0 Å². The summed E-state index contributed by atoms with van der Waals surface area (Å²) in [6.45, 7) is 2.47. The molecule has 2 amide bonds. The maximum atomic E-state index is 12.6. The van der Waals surface area contributed by atoms with Gasteiger partial charge in [0.25, 0.3) is 5.91 Å². The van der Waals surface area contributed by atoms with Crippen LogP contribution in [0.1, 0.15) is 28.9 Å². The molecule has 9 heteroatoms. The van der Waals surface area contributed by atoms with Crippen molar-refractivity contribution in [3.8, 4) is 0 Å². The van der Waals surface area contributed by atoms with Crippen LogP contribution in [-0.2, 0) is 20.7 Å². The van der Waals surface area contributed by atoms with Crippen LogP contribution in [0.25, 0.3) is 0 Å². The highest BCUT2D eigenvalue weighted by Gasteiger charge is 2.40. The van der Waals surface area contributed by atoms with Crippen LogP contribution in [0.3, 0.4) is 0 Å². The molecule has 0 bridgehead atoms. The van der Waals surface area contributed by atoms with Crippen LogP contribution < -0.4 is 5.32 Å². The molecule has 3 heterocycles. The molecule has 148 valence electrons. The van der Waals surface area contributed by atoms with Gasteiger partial charge in [0, 0.05) is 41.9 Å². The van der Waals surface area contributed by atoms with Crippen molar-refractivity contribution in [2.75, 3.05) is 31.6 Å². The lowest BCUT2D eigenvalue weighted by atomic mass is 10.0. The second kappa shape index (κ2) is 8.16. The monoisotopic (exact) mass is 421 g/mol. The van der Waals surface area contributed by atoms with E-state index in [-0.39, 0.29) is 18.2 Å². The molecule has 7 nitrogen and oxygen atoms in total. The average Bonchev–Trinajstić information content (AvgIpc) is 3.32. The number of amides is 2. The van der Waals surface area contributed by atoms with Gasteiger partial charge in [0.1, 0.15) is 0 Å². The van der Waals surface area contributed by atoms with Crippen LogP contribution in [-0.4, -0.2) is 53.8 Å². The average molecular weight is 422 g/mol. The fourth-order valence-corrected chi connectivity index (χ4v) is 4.20. The second-order valence-corrected chi connectivity index (χ2v) is 8.06. The molecule has 2 fully saturated rings. The Hall–Kier alpha value is -2.00. The molecular formula is C19H20ClN3O4S. The first-order valence-electron chi connectivity index (χ1n) is 9.10. The Morgan fingerprint density at radius 3 is 2.54 bits per heavy atom. The molecule has 1 aromatic carbocycles. The van der Waals surface area contributed by atoms with Crippen LogP contribution in [0, 0.1) is 0 Å². The maximum absolute atomic E-state index is 12.6. The number of thiazole rings is 1. The molecule has 0 unspecified atom stereocenters. The van der Waals surface area contributed by atoms with E-state index in [1.54, 1.807) is 29.6 Å². The number of hydrogen-bond donors (Lipinski definition) is 1. The molecule has 1 spiro atoms. The Bertz CT molecular complexity index is 854. The Morgan fingerprint density at radius 1 is 1.18 bits per heavy atom. The summed E-state index contributed by atoms with van der Waals surface area (Å²) in [5, 5.41) is 5.58. The number of benzene rings is 1. The van der Waals surface area contributed by atoms with Gasteiger partial charge < -0.3 is 14.4 Å². The first kappa shape index (κ1) is 19.3.